The molecule has 0 atom stereocenters. The van der Waals surface area contributed by atoms with Gasteiger partial charge in [0, 0.05) is 10.6 Å². The molecule has 0 spiro atoms. The zero-order valence-electron chi connectivity index (χ0n) is 8.00. The topological polar surface area (TPSA) is 25.8 Å². The minimum Gasteiger partial charge on any atom is -0.142 e. The first kappa shape index (κ1) is 10.9. The molecule has 0 aliphatic rings. The van der Waals surface area contributed by atoms with Gasteiger partial charge in [-0.05, 0) is 18.6 Å². The highest BCUT2D eigenvalue weighted by Gasteiger charge is 2.06. The average Bonchev–Trinajstić information content (AvgIpc) is 2.70. The van der Waals surface area contributed by atoms with E-state index in [0.717, 1.165) is 26.2 Å². The molecule has 2 nitrogen and oxygen atoms in total. The second kappa shape index (κ2) is 4.47. The number of aromatic nitrogens is 2. The lowest BCUT2D eigenvalue weighted by molar-refractivity contribution is 1.04. The fourth-order valence-electron chi connectivity index (χ4n) is 1.15. The van der Waals surface area contributed by atoms with Crippen LogP contribution < -0.4 is 0 Å². The summed E-state index contributed by atoms with van der Waals surface area (Å²) < 4.78 is 0. The fraction of sp³-hybridized carbons (Fsp3) is 0.200. The predicted molar refractivity (Wildman–Crippen MR) is 64.6 cm³/mol. The molecule has 2 rings (SSSR count). The Morgan fingerprint density at radius 3 is 2.73 bits per heavy atom. The second-order valence-corrected chi connectivity index (χ2v) is 4.84. The van der Waals surface area contributed by atoms with Crippen molar-refractivity contribution in [2.24, 2.45) is 0 Å². The first-order valence-corrected chi connectivity index (χ1v) is 6.08. The summed E-state index contributed by atoms with van der Waals surface area (Å²) in [7, 11) is 0. The number of nitrogens with zero attached hydrogens (tertiary/aromatic N) is 2. The Morgan fingerprint density at radius 2 is 2.13 bits per heavy atom. The third kappa shape index (κ3) is 2.30. The van der Waals surface area contributed by atoms with Crippen LogP contribution in [-0.2, 0) is 5.88 Å². The number of hydrogen-bond acceptors (Lipinski definition) is 3. The van der Waals surface area contributed by atoms with Crippen LogP contribution in [0.2, 0.25) is 5.02 Å². The van der Waals surface area contributed by atoms with Gasteiger partial charge < -0.3 is 0 Å². The first-order chi connectivity index (χ1) is 7.20. The minimum atomic E-state index is 0.400. The number of benzene rings is 1. The van der Waals surface area contributed by atoms with Crippen molar-refractivity contribution in [3.05, 3.63) is 33.8 Å². The molecule has 2 aromatic rings. The van der Waals surface area contributed by atoms with Crippen molar-refractivity contribution in [1.82, 2.24) is 10.2 Å². The maximum atomic E-state index is 6.03. The summed E-state index contributed by atoms with van der Waals surface area (Å²) in [6, 6.07) is 5.86. The summed E-state index contributed by atoms with van der Waals surface area (Å²) >= 11 is 13.2. The normalized spacial score (nSPS) is 10.6. The van der Waals surface area contributed by atoms with Crippen molar-refractivity contribution in [3.8, 4) is 10.6 Å². The Bertz CT molecular complexity index is 482. The summed E-state index contributed by atoms with van der Waals surface area (Å²) in [6.07, 6.45) is 0. The van der Waals surface area contributed by atoms with Crippen LogP contribution in [0.15, 0.2) is 18.2 Å². The molecule has 0 bridgehead atoms. The minimum absolute atomic E-state index is 0.400. The third-order valence-corrected chi connectivity index (χ3v) is 3.79. The smallest absolute Gasteiger partial charge is 0.142 e. The van der Waals surface area contributed by atoms with E-state index in [0.29, 0.717) is 5.88 Å². The Labute approximate surface area is 102 Å². The van der Waals surface area contributed by atoms with E-state index in [4.69, 9.17) is 23.2 Å². The van der Waals surface area contributed by atoms with Crippen LogP contribution in [0.4, 0.5) is 0 Å². The van der Waals surface area contributed by atoms with Gasteiger partial charge >= 0.3 is 0 Å². The van der Waals surface area contributed by atoms with Crippen molar-refractivity contribution in [2.75, 3.05) is 0 Å². The number of halogens is 2. The van der Waals surface area contributed by atoms with Crippen LogP contribution in [0, 0.1) is 6.92 Å². The highest BCUT2D eigenvalue weighted by Crippen LogP contribution is 2.27. The van der Waals surface area contributed by atoms with E-state index in [1.165, 1.54) is 11.3 Å². The lowest BCUT2D eigenvalue weighted by Crippen LogP contribution is -1.79. The molecule has 1 aromatic heterocycles. The first-order valence-electron chi connectivity index (χ1n) is 4.35. The van der Waals surface area contributed by atoms with E-state index in [9.17, 15) is 0 Å². The molecule has 0 amide bonds. The monoisotopic (exact) mass is 258 g/mol. The van der Waals surface area contributed by atoms with Gasteiger partial charge in [0.05, 0.1) is 5.88 Å². The van der Waals surface area contributed by atoms with Gasteiger partial charge in [0.2, 0.25) is 0 Å². The van der Waals surface area contributed by atoms with Crippen molar-refractivity contribution in [2.45, 2.75) is 12.8 Å². The van der Waals surface area contributed by atoms with Gasteiger partial charge in [0.15, 0.2) is 0 Å². The van der Waals surface area contributed by atoms with Gasteiger partial charge in [-0.3, -0.25) is 0 Å². The number of aryl methyl sites for hydroxylation is 1. The molecule has 0 aliphatic heterocycles. The van der Waals surface area contributed by atoms with Crippen LogP contribution in [0.1, 0.15) is 10.6 Å². The Balaban J connectivity index is 2.40. The zero-order valence-corrected chi connectivity index (χ0v) is 10.3. The Hall–Kier alpha value is -0.640. The highest BCUT2D eigenvalue weighted by molar-refractivity contribution is 7.14. The fourth-order valence-corrected chi connectivity index (χ4v) is 2.23. The zero-order chi connectivity index (χ0) is 10.8. The van der Waals surface area contributed by atoms with Gasteiger partial charge in [-0.15, -0.1) is 21.8 Å². The SMILES string of the molecule is Cc1ccc(-c2nnc(CCl)s2)cc1Cl. The van der Waals surface area contributed by atoms with Crippen LogP contribution in [-0.4, -0.2) is 10.2 Å². The van der Waals surface area contributed by atoms with Gasteiger partial charge in [0.1, 0.15) is 10.0 Å². The quantitative estimate of drug-likeness (QED) is 0.764. The number of rotatable bonds is 2. The molecule has 15 heavy (non-hydrogen) atoms. The van der Waals surface area contributed by atoms with Gasteiger partial charge in [-0.2, -0.15) is 0 Å². The van der Waals surface area contributed by atoms with Crippen molar-refractivity contribution >= 4 is 34.5 Å². The van der Waals surface area contributed by atoms with Crippen LogP contribution in [0.25, 0.3) is 10.6 Å². The highest BCUT2D eigenvalue weighted by atomic mass is 35.5. The molecular formula is C10H8Cl2N2S. The summed E-state index contributed by atoms with van der Waals surface area (Å²) in [5.41, 5.74) is 2.04. The van der Waals surface area contributed by atoms with E-state index in [1.807, 2.05) is 25.1 Å². The maximum Gasteiger partial charge on any atom is 0.147 e. The summed E-state index contributed by atoms with van der Waals surface area (Å²) in [6.45, 7) is 1.97. The molecule has 0 fully saturated rings. The molecule has 0 unspecified atom stereocenters. The lowest BCUT2D eigenvalue weighted by Gasteiger charge is -1.99. The van der Waals surface area contributed by atoms with E-state index in [2.05, 4.69) is 10.2 Å². The number of alkyl halides is 1. The molecule has 78 valence electrons. The van der Waals surface area contributed by atoms with E-state index in [-0.39, 0.29) is 0 Å². The predicted octanol–water partition coefficient (Wildman–Crippen LogP) is 3.91. The molecular weight excluding hydrogens is 251 g/mol. The maximum absolute atomic E-state index is 6.03. The Kier molecular flexibility index (Phi) is 3.24. The van der Waals surface area contributed by atoms with E-state index in [1.54, 1.807) is 0 Å². The molecule has 1 aromatic carbocycles. The lowest BCUT2D eigenvalue weighted by atomic mass is 10.2. The molecule has 0 radical (unpaired) electrons. The molecule has 0 N–H and O–H groups in total. The van der Waals surface area contributed by atoms with Gasteiger partial charge in [-0.1, -0.05) is 35.1 Å². The summed E-state index contributed by atoms with van der Waals surface area (Å²) in [5, 5.41) is 10.4. The summed E-state index contributed by atoms with van der Waals surface area (Å²) in [5.74, 6) is 0.400. The second-order valence-electron chi connectivity index (χ2n) is 3.10. The van der Waals surface area contributed by atoms with Crippen molar-refractivity contribution < 1.29 is 0 Å². The van der Waals surface area contributed by atoms with E-state index < -0.39 is 0 Å². The van der Waals surface area contributed by atoms with Crippen LogP contribution in [0.3, 0.4) is 0 Å². The van der Waals surface area contributed by atoms with Crippen molar-refractivity contribution in [1.29, 1.82) is 0 Å². The van der Waals surface area contributed by atoms with Crippen molar-refractivity contribution in [3.63, 3.8) is 0 Å². The third-order valence-electron chi connectivity index (χ3n) is 2.00. The molecule has 1 heterocycles. The summed E-state index contributed by atoms with van der Waals surface area (Å²) in [4.78, 5) is 0. The van der Waals surface area contributed by atoms with Crippen LogP contribution in [0.5, 0.6) is 0 Å². The number of hydrogen-bond donors (Lipinski definition) is 0. The average molecular weight is 259 g/mol. The molecule has 5 heteroatoms. The molecule has 0 saturated heterocycles. The standard InChI is InChI=1S/C10H8Cl2N2S/c1-6-2-3-7(4-8(6)12)10-14-13-9(5-11)15-10/h2-4H,5H2,1H3. The van der Waals surface area contributed by atoms with E-state index >= 15 is 0 Å². The Morgan fingerprint density at radius 1 is 1.33 bits per heavy atom. The molecule has 0 aliphatic carbocycles. The van der Waals surface area contributed by atoms with Gasteiger partial charge in [-0.25, -0.2) is 0 Å². The molecule has 0 saturated carbocycles. The van der Waals surface area contributed by atoms with Gasteiger partial charge in [0.25, 0.3) is 0 Å². The largest absolute Gasteiger partial charge is 0.147 e. The van der Waals surface area contributed by atoms with Crippen LogP contribution >= 0.6 is 34.5 Å².